The first-order valence-corrected chi connectivity index (χ1v) is 11.0. The van der Waals surface area contributed by atoms with Gasteiger partial charge in [-0.3, -0.25) is 19.2 Å². The summed E-state index contributed by atoms with van der Waals surface area (Å²) in [4.78, 5) is 55.2. The molecule has 2 atom stereocenters. The highest BCUT2D eigenvalue weighted by Gasteiger charge is 2.35. The third kappa shape index (κ3) is 6.19. The Morgan fingerprint density at radius 1 is 0.967 bits per heavy atom. The van der Waals surface area contributed by atoms with Gasteiger partial charge in [-0.2, -0.15) is 0 Å². The highest BCUT2D eigenvalue weighted by atomic mass is 16.5. The second-order valence-corrected chi connectivity index (χ2v) is 9.47. The predicted molar refractivity (Wildman–Crippen MR) is 112 cm³/mol. The second-order valence-electron chi connectivity index (χ2n) is 9.47. The maximum Gasteiger partial charge on any atom is 0.310 e. The van der Waals surface area contributed by atoms with Gasteiger partial charge in [0, 0.05) is 38.6 Å². The average molecular weight is 424 g/mol. The van der Waals surface area contributed by atoms with Crippen molar-refractivity contribution in [2.45, 2.75) is 53.4 Å². The van der Waals surface area contributed by atoms with Gasteiger partial charge >= 0.3 is 5.97 Å². The fourth-order valence-corrected chi connectivity index (χ4v) is 4.19. The molecule has 2 aliphatic rings. The monoisotopic (exact) mass is 423 g/mol. The van der Waals surface area contributed by atoms with Crippen LogP contribution in [0.25, 0.3) is 0 Å². The first-order chi connectivity index (χ1) is 14.0. The van der Waals surface area contributed by atoms with Crippen LogP contribution in [0.5, 0.6) is 0 Å². The fraction of sp³-hybridized carbons (Fsp3) is 0.818. The summed E-state index contributed by atoms with van der Waals surface area (Å²) in [7, 11) is 1.64. The second kappa shape index (κ2) is 10.3. The first kappa shape index (κ1) is 24.2. The molecule has 0 N–H and O–H groups in total. The average Bonchev–Trinajstić information content (AvgIpc) is 2.72. The van der Waals surface area contributed by atoms with E-state index in [4.69, 9.17) is 4.74 Å². The highest BCUT2D eigenvalue weighted by Crippen LogP contribution is 2.25. The van der Waals surface area contributed by atoms with Gasteiger partial charge in [0.05, 0.1) is 25.0 Å². The van der Waals surface area contributed by atoms with E-state index in [0.29, 0.717) is 32.8 Å². The lowest BCUT2D eigenvalue weighted by molar-refractivity contribution is -0.153. The number of piperidine rings is 2. The Bertz CT molecular complexity index is 658. The van der Waals surface area contributed by atoms with Crippen LogP contribution in [0.3, 0.4) is 0 Å². The topological polar surface area (TPSA) is 87.2 Å². The molecule has 30 heavy (non-hydrogen) atoms. The van der Waals surface area contributed by atoms with Crippen molar-refractivity contribution in [1.82, 2.24) is 14.7 Å². The number of likely N-dealkylation sites (tertiary alicyclic amines) is 2. The Kier molecular flexibility index (Phi) is 8.26. The van der Waals surface area contributed by atoms with E-state index in [1.54, 1.807) is 23.8 Å². The molecule has 2 aliphatic heterocycles. The van der Waals surface area contributed by atoms with Crippen LogP contribution in [0.1, 0.15) is 53.4 Å². The molecule has 3 amide bonds. The zero-order valence-corrected chi connectivity index (χ0v) is 19.1. The van der Waals surface area contributed by atoms with Crippen molar-refractivity contribution in [2.24, 2.45) is 17.3 Å². The van der Waals surface area contributed by atoms with Crippen molar-refractivity contribution in [2.75, 3.05) is 46.4 Å². The minimum absolute atomic E-state index is 0.0158. The lowest BCUT2D eigenvalue weighted by atomic mass is 9.90. The SMILES string of the molecule is CCOC(=O)C1CCCN(C(=O)CN(C)C(=O)C2CCCN(C(=O)C(C)(C)C)C2)C1. The summed E-state index contributed by atoms with van der Waals surface area (Å²) in [6.45, 7) is 9.74. The fourth-order valence-electron chi connectivity index (χ4n) is 4.19. The molecule has 170 valence electrons. The van der Waals surface area contributed by atoms with E-state index in [9.17, 15) is 19.2 Å². The van der Waals surface area contributed by atoms with Crippen molar-refractivity contribution < 1.29 is 23.9 Å². The minimum atomic E-state index is -0.476. The van der Waals surface area contributed by atoms with Crippen molar-refractivity contribution >= 4 is 23.7 Å². The van der Waals surface area contributed by atoms with Gasteiger partial charge in [-0.15, -0.1) is 0 Å². The third-order valence-electron chi connectivity index (χ3n) is 5.84. The lowest BCUT2D eigenvalue weighted by Crippen LogP contribution is -2.51. The van der Waals surface area contributed by atoms with E-state index in [1.807, 2.05) is 20.8 Å². The van der Waals surface area contributed by atoms with Crippen LogP contribution in [0.2, 0.25) is 0 Å². The highest BCUT2D eigenvalue weighted by molar-refractivity contribution is 5.87. The van der Waals surface area contributed by atoms with Gasteiger partial charge in [-0.1, -0.05) is 20.8 Å². The number of hydrogen-bond donors (Lipinski definition) is 0. The van der Waals surface area contributed by atoms with E-state index in [-0.39, 0.29) is 42.1 Å². The molecule has 0 aromatic carbocycles. The molecule has 2 rings (SSSR count). The van der Waals surface area contributed by atoms with E-state index < -0.39 is 5.41 Å². The summed E-state index contributed by atoms with van der Waals surface area (Å²) >= 11 is 0. The zero-order valence-electron chi connectivity index (χ0n) is 19.1. The van der Waals surface area contributed by atoms with Crippen molar-refractivity contribution in [1.29, 1.82) is 0 Å². The van der Waals surface area contributed by atoms with Crippen molar-refractivity contribution in [3.05, 3.63) is 0 Å². The van der Waals surface area contributed by atoms with E-state index in [0.717, 1.165) is 25.7 Å². The predicted octanol–water partition coefficient (Wildman–Crippen LogP) is 1.53. The molecular weight excluding hydrogens is 386 g/mol. The molecule has 0 radical (unpaired) electrons. The number of hydrogen-bond acceptors (Lipinski definition) is 5. The summed E-state index contributed by atoms with van der Waals surface area (Å²) in [5.74, 6) is -1.04. The quantitative estimate of drug-likeness (QED) is 0.626. The Morgan fingerprint density at radius 2 is 1.53 bits per heavy atom. The molecule has 2 unspecified atom stereocenters. The summed E-state index contributed by atoms with van der Waals surface area (Å²) in [5.41, 5.74) is -0.476. The molecule has 8 heteroatoms. The molecule has 0 saturated carbocycles. The maximum atomic E-state index is 12.9. The molecule has 0 spiro atoms. The molecular formula is C22H37N3O5. The molecule has 2 fully saturated rings. The van der Waals surface area contributed by atoms with Gasteiger partial charge in [-0.25, -0.2) is 0 Å². The smallest absolute Gasteiger partial charge is 0.310 e. The number of amides is 3. The number of carbonyl (C=O) groups is 4. The van der Waals surface area contributed by atoms with Crippen LogP contribution in [-0.2, 0) is 23.9 Å². The van der Waals surface area contributed by atoms with Crippen LogP contribution in [0.15, 0.2) is 0 Å². The molecule has 0 aliphatic carbocycles. The molecule has 0 aromatic rings. The van der Waals surface area contributed by atoms with Crippen molar-refractivity contribution in [3.8, 4) is 0 Å². The number of ether oxygens (including phenoxy) is 1. The summed E-state index contributed by atoms with van der Waals surface area (Å²) < 4.78 is 5.09. The van der Waals surface area contributed by atoms with Crippen molar-refractivity contribution in [3.63, 3.8) is 0 Å². The van der Waals surface area contributed by atoms with E-state index in [1.165, 1.54) is 4.90 Å². The minimum Gasteiger partial charge on any atom is -0.466 e. The zero-order chi connectivity index (χ0) is 22.5. The Hall–Kier alpha value is -2.12. The van der Waals surface area contributed by atoms with Crippen LogP contribution in [-0.4, -0.2) is 84.8 Å². The van der Waals surface area contributed by atoms with Gasteiger partial charge in [0.25, 0.3) is 0 Å². The van der Waals surface area contributed by atoms with Crippen LogP contribution >= 0.6 is 0 Å². The Balaban J connectivity index is 1.90. The molecule has 0 bridgehead atoms. The summed E-state index contributed by atoms with van der Waals surface area (Å²) in [6, 6.07) is 0. The number of rotatable bonds is 5. The Labute approximate surface area is 179 Å². The normalized spacial score (nSPS) is 22.4. The number of esters is 1. The number of likely N-dealkylation sites (N-methyl/N-ethyl adjacent to an activating group) is 1. The molecule has 2 heterocycles. The molecule has 0 aromatic heterocycles. The van der Waals surface area contributed by atoms with Gasteiger partial charge in [-0.05, 0) is 32.6 Å². The first-order valence-electron chi connectivity index (χ1n) is 11.0. The van der Waals surface area contributed by atoms with Crippen LogP contribution in [0, 0.1) is 17.3 Å². The summed E-state index contributed by atoms with van der Waals surface area (Å²) in [6.07, 6.45) is 2.98. The third-order valence-corrected chi connectivity index (χ3v) is 5.84. The summed E-state index contributed by atoms with van der Waals surface area (Å²) in [5, 5.41) is 0. The van der Waals surface area contributed by atoms with Gasteiger partial charge in [0.15, 0.2) is 0 Å². The van der Waals surface area contributed by atoms with Gasteiger partial charge in [0.1, 0.15) is 0 Å². The van der Waals surface area contributed by atoms with Crippen LogP contribution < -0.4 is 0 Å². The van der Waals surface area contributed by atoms with E-state index >= 15 is 0 Å². The largest absolute Gasteiger partial charge is 0.466 e. The van der Waals surface area contributed by atoms with Crippen LogP contribution in [0.4, 0.5) is 0 Å². The Morgan fingerprint density at radius 3 is 2.13 bits per heavy atom. The maximum absolute atomic E-state index is 12.9. The van der Waals surface area contributed by atoms with Gasteiger partial charge in [0.2, 0.25) is 17.7 Å². The molecule has 8 nitrogen and oxygen atoms in total. The number of nitrogens with zero attached hydrogens (tertiary/aromatic N) is 3. The standard InChI is InChI=1S/C22H37N3O5/c1-6-30-20(28)17-10-8-11-24(14-17)18(26)15-23(5)19(27)16-9-7-12-25(13-16)21(29)22(2,3)4/h16-17H,6-15H2,1-5H3. The number of carbonyl (C=O) groups excluding carboxylic acids is 4. The molecule has 2 saturated heterocycles. The lowest BCUT2D eigenvalue weighted by Gasteiger charge is -2.37. The van der Waals surface area contributed by atoms with E-state index in [2.05, 4.69) is 0 Å². The van der Waals surface area contributed by atoms with Gasteiger partial charge < -0.3 is 19.4 Å².